The van der Waals surface area contributed by atoms with Crippen LogP contribution in [0.5, 0.6) is 0 Å². The summed E-state index contributed by atoms with van der Waals surface area (Å²) in [5.41, 5.74) is 2.10. The second-order valence-corrected chi connectivity index (χ2v) is 5.02. The Bertz CT molecular complexity index is 905. The quantitative estimate of drug-likeness (QED) is 0.762. The molecule has 2 heterocycles. The maximum atomic E-state index is 12.1. The summed E-state index contributed by atoms with van der Waals surface area (Å²) in [4.78, 5) is 23.9. The second kappa shape index (κ2) is 6.62. The molecule has 0 aliphatic rings. The van der Waals surface area contributed by atoms with Gasteiger partial charge in [-0.1, -0.05) is 6.07 Å². The molecule has 0 bridgehead atoms. The van der Waals surface area contributed by atoms with Crippen molar-refractivity contribution in [3.05, 3.63) is 66.0 Å². The van der Waals surface area contributed by atoms with Crippen LogP contribution in [-0.2, 0) is 4.79 Å². The van der Waals surface area contributed by atoms with E-state index in [0.29, 0.717) is 11.3 Å². The Morgan fingerprint density at radius 2 is 1.96 bits per heavy atom. The number of rotatable bonds is 4. The molecule has 7 nitrogen and oxygen atoms in total. The Hall–Kier alpha value is -3.66. The number of nitrogens with one attached hydrogen (secondary N) is 2. The van der Waals surface area contributed by atoms with Crippen molar-refractivity contribution in [2.45, 2.75) is 0 Å². The Morgan fingerprint density at radius 3 is 2.67 bits per heavy atom. The van der Waals surface area contributed by atoms with Crippen LogP contribution in [0.1, 0.15) is 16.1 Å². The van der Waals surface area contributed by atoms with Crippen molar-refractivity contribution in [1.29, 1.82) is 5.26 Å². The van der Waals surface area contributed by atoms with Gasteiger partial charge in [-0.15, -0.1) is 0 Å². The first-order valence-electron chi connectivity index (χ1n) is 7.18. The molecule has 2 amide bonds. The third-order valence-corrected chi connectivity index (χ3v) is 3.31. The van der Waals surface area contributed by atoms with Gasteiger partial charge < -0.3 is 10.6 Å². The SMILES string of the molecule is N#Cc1ccc(NC(=O)CNC(=O)c2cc3ccccn3n2)cc1. The standard InChI is InChI=1S/C17H13N5O2/c18-10-12-4-6-13(7-5-12)20-16(23)11-19-17(24)15-9-14-3-1-2-8-22(14)21-15/h1-9H,11H2,(H,19,24)(H,20,23). The van der Waals surface area contributed by atoms with Crippen molar-refractivity contribution in [2.75, 3.05) is 11.9 Å². The van der Waals surface area contributed by atoms with Crippen LogP contribution < -0.4 is 10.6 Å². The normalized spacial score (nSPS) is 10.1. The predicted molar refractivity (Wildman–Crippen MR) is 87.3 cm³/mol. The van der Waals surface area contributed by atoms with Gasteiger partial charge in [0.05, 0.1) is 23.7 Å². The third kappa shape index (κ3) is 3.39. The van der Waals surface area contributed by atoms with E-state index in [1.807, 2.05) is 24.3 Å². The van der Waals surface area contributed by atoms with Crippen molar-refractivity contribution in [2.24, 2.45) is 0 Å². The van der Waals surface area contributed by atoms with E-state index in [4.69, 9.17) is 5.26 Å². The number of carbonyl (C=O) groups excluding carboxylic acids is 2. The molecule has 1 aromatic carbocycles. The number of pyridine rings is 1. The Balaban J connectivity index is 1.57. The first-order chi connectivity index (χ1) is 11.7. The molecule has 2 aromatic heterocycles. The van der Waals surface area contributed by atoms with Gasteiger partial charge in [0.25, 0.3) is 5.91 Å². The summed E-state index contributed by atoms with van der Waals surface area (Å²) in [5.74, 6) is -0.787. The lowest BCUT2D eigenvalue weighted by Crippen LogP contribution is -2.33. The van der Waals surface area contributed by atoms with Gasteiger partial charge in [0.15, 0.2) is 5.69 Å². The number of hydrogen-bond donors (Lipinski definition) is 2. The molecule has 0 aliphatic heterocycles. The molecule has 0 atom stereocenters. The number of fused-ring (bicyclic) bond motifs is 1. The molecule has 0 spiro atoms. The van der Waals surface area contributed by atoms with Crippen LogP contribution in [0.15, 0.2) is 54.7 Å². The van der Waals surface area contributed by atoms with Crippen molar-refractivity contribution in [3.63, 3.8) is 0 Å². The van der Waals surface area contributed by atoms with Gasteiger partial charge in [-0.2, -0.15) is 10.4 Å². The fourth-order valence-corrected chi connectivity index (χ4v) is 2.13. The summed E-state index contributed by atoms with van der Waals surface area (Å²) in [7, 11) is 0. The smallest absolute Gasteiger partial charge is 0.272 e. The zero-order valence-electron chi connectivity index (χ0n) is 12.6. The monoisotopic (exact) mass is 319 g/mol. The molecule has 0 fully saturated rings. The highest BCUT2D eigenvalue weighted by Crippen LogP contribution is 2.08. The fourth-order valence-electron chi connectivity index (χ4n) is 2.13. The van der Waals surface area contributed by atoms with Crippen molar-refractivity contribution in [1.82, 2.24) is 14.9 Å². The molecule has 2 N–H and O–H groups in total. The van der Waals surface area contributed by atoms with Crippen molar-refractivity contribution >= 4 is 23.0 Å². The first kappa shape index (κ1) is 15.2. The van der Waals surface area contributed by atoms with Crippen LogP contribution in [0.4, 0.5) is 5.69 Å². The highest BCUT2D eigenvalue weighted by molar-refractivity contribution is 5.98. The van der Waals surface area contributed by atoms with Crippen molar-refractivity contribution in [3.8, 4) is 6.07 Å². The molecular weight excluding hydrogens is 306 g/mol. The number of benzene rings is 1. The highest BCUT2D eigenvalue weighted by Gasteiger charge is 2.12. The number of hydrogen-bond acceptors (Lipinski definition) is 4. The summed E-state index contributed by atoms with van der Waals surface area (Å²) < 4.78 is 1.59. The van der Waals surface area contributed by atoms with E-state index in [0.717, 1.165) is 5.52 Å². The van der Waals surface area contributed by atoms with Gasteiger partial charge in [0.1, 0.15) is 0 Å². The average Bonchev–Trinajstić information content (AvgIpc) is 3.04. The number of nitrogens with zero attached hydrogens (tertiary/aromatic N) is 3. The van der Waals surface area contributed by atoms with E-state index in [1.165, 1.54) is 0 Å². The molecule has 3 rings (SSSR count). The van der Waals surface area contributed by atoms with Crippen LogP contribution in [0, 0.1) is 11.3 Å². The highest BCUT2D eigenvalue weighted by atomic mass is 16.2. The summed E-state index contributed by atoms with van der Waals surface area (Å²) in [6, 6.07) is 15.6. The van der Waals surface area contributed by atoms with E-state index in [-0.39, 0.29) is 18.1 Å². The average molecular weight is 319 g/mol. The molecule has 0 unspecified atom stereocenters. The van der Waals surface area contributed by atoms with Crippen molar-refractivity contribution < 1.29 is 9.59 Å². The molecular formula is C17H13N5O2. The van der Waals surface area contributed by atoms with Crippen LogP contribution in [0.3, 0.4) is 0 Å². The summed E-state index contributed by atoms with van der Waals surface area (Å²) in [6.07, 6.45) is 1.74. The second-order valence-electron chi connectivity index (χ2n) is 5.02. The Kier molecular flexibility index (Phi) is 4.21. The van der Waals surface area contributed by atoms with Gasteiger partial charge in [-0.3, -0.25) is 9.59 Å². The van der Waals surface area contributed by atoms with Gasteiger partial charge in [-0.05, 0) is 42.5 Å². The molecule has 7 heteroatoms. The zero-order valence-corrected chi connectivity index (χ0v) is 12.6. The van der Waals surface area contributed by atoms with E-state index in [1.54, 1.807) is 41.0 Å². The number of carbonyl (C=O) groups is 2. The number of anilines is 1. The number of aromatic nitrogens is 2. The van der Waals surface area contributed by atoms with Gasteiger partial charge >= 0.3 is 0 Å². The van der Waals surface area contributed by atoms with Crippen LogP contribution in [0.25, 0.3) is 5.52 Å². The number of nitriles is 1. The van der Waals surface area contributed by atoms with Crippen LogP contribution >= 0.6 is 0 Å². The molecule has 0 saturated carbocycles. The third-order valence-electron chi connectivity index (χ3n) is 3.31. The van der Waals surface area contributed by atoms with Crippen LogP contribution in [0.2, 0.25) is 0 Å². The minimum Gasteiger partial charge on any atom is -0.342 e. The van der Waals surface area contributed by atoms with Crippen LogP contribution in [-0.4, -0.2) is 28.0 Å². The molecule has 0 radical (unpaired) electrons. The summed E-state index contributed by atoms with van der Waals surface area (Å²) in [5, 5.41) is 18.0. The lowest BCUT2D eigenvalue weighted by molar-refractivity contribution is -0.115. The Labute approximate surface area is 137 Å². The maximum absolute atomic E-state index is 12.1. The lowest BCUT2D eigenvalue weighted by atomic mass is 10.2. The number of amides is 2. The van der Waals surface area contributed by atoms with E-state index >= 15 is 0 Å². The molecule has 0 aliphatic carbocycles. The minimum atomic E-state index is -0.423. The van der Waals surface area contributed by atoms with Gasteiger partial charge in [0, 0.05) is 11.9 Å². The lowest BCUT2D eigenvalue weighted by Gasteiger charge is -2.06. The van der Waals surface area contributed by atoms with Gasteiger partial charge in [0.2, 0.25) is 5.91 Å². The molecule has 118 valence electrons. The first-order valence-corrected chi connectivity index (χ1v) is 7.18. The summed E-state index contributed by atoms with van der Waals surface area (Å²) >= 11 is 0. The predicted octanol–water partition coefficient (Wildman–Crippen LogP) is 1.57. The largest absolute Gasteiger partial charge is 0.342 e. The Morgan fingerprint density at radius 1 is 1.17 bits per heavy atom. The molecule has 0 saturated heterocycles. The molecule has 3 aromatic rings. The fraction of sp³-hybridized carbons (Fsp3) is 0.0588. The van der Waals surface area contributed by atoms with Gasteiger partial charge in [-0.25, -0.2) is 4.52 Å². The maximum Gasteiger partial charge on any atom is 0.272 e. The van der Waals surface area contributed by atoms with E-state index in [2.05, 4.69) is 15.7 Å². The van der Waals surface area contributed by atoms with E-state index in [9.17, 15) is 9.59 Å². The molecule has 24 heavy (non-hydrogen) atoms. The minimum absolute atomic E-state index is 0.174. The van der Waals surface area contributed by atoms with E-state index < -0.39 is 5.91 Å². The zero-order chi connectivity index (χ0) is 16.9. The topological polar surface area (TPSA) is 99.3 Å². The summed E-state index contributed by atoms with van der Waals surface area (Å²) in [6.45, 7) is -0.174.